The van der Waals surface area contributed by atoms with Crippen molar-refractivity contribution in [2.75, 3.05) is 13.1 Å². The molecule has 100 valence electrons. The molecule has 0 saturated heterocycles. The van der Waals surface area contributed by atoms with Gasteiger partial charge in [-0.3, -0.25) is 9.69 Å². The zero-order chi connectivity index (χ0) is 13.8. The fourth-order valence-electron chi connectivity index (χ4n) is 2.26. The predicted molar refractivity (Wildman–Crippen MR) is 69.1 cm³/mol. The molecule has 0 spiro atoms. The lowest BCUT2D eigenvalue weighted by Crippen LogP contribution is -2.54. The fraction of sp³-hybridized carbons (Fsp3) is 0.500. The zero-order valence-electron chi connectivity index (χ0n) is 11.1. The summed E-state index contributed by atoms with van der Waals surface area (Å²) in [6, 6.07) is 6.33. The molecule has 4 heteroatoms. The standard InChI is InChI=1S/C14H20FNO2/c1-4-16(5-2)14(3,13(17)18)10-11-8-6-7-9-12(11)15/h6-9H,4-5,10H2,1-3H3,(H,17,18). The Bertz CT molecular complexity index is 418. The Morgan fingerprint density at radius 3 is 2.33 bits per heavy atom. The van der Waals surface area contributed by atoms with Crippen LogP contribution >= 0.6 is 0 Å². The Hall–Kier alpha value is -1.42. The van der Waals surface area contributed by atoms with E-state index in [4.69, 9.17) is 0 Å². The summed E-state index contributed by atoms with van der Waals surface area (Å²) in [5, 5.41) is 9.45. The number of halogens is 1. The fourth-order valence-corrected chi connectivity index (χ4v) is 2.26. The molecular weight excluding hydrogens is 233 g/mol. The number of hydrogen-bond donors (Lipinski definition) is 1. The van der Waals surface area contributed by atoms with E-state index in [9.17, 15) is 14.3 Å². The lowest BCUT2D eigenvalue weighted by Gasteiger charge is -2.36. The predicted octanol–water partition coefficient (Wildman–Crippen LogP) is 2.55. The normalized spacial score (nSPS) is 14.5. The van der Waals surface area contributed by atoms with Crippen molar-refractivity contribution in [2.45, 2.75) is 32.7 Å². The molecule has 0 aliphatic rings. The van der Waals surface area contributed by atoms with Gasteiger partial charge in [-0.05, 0) is 31.6 Å². The van der Waals surface area contributed by atoms with Gasteiger partial charge in [0.05, 0.1) is 0 Å². The van der Waals surface area contributed by atoms with E-state index in [1.54, 1.807) is 25.1 Å². The Morgan fingerprint density at radius 2 is 1.89 bits per heavy atom. The SMILES string of the molecule is CCN(CC)C(C)(Cc1ccccc1F)C(=O)O. The number of carboxylic acids is 1. The van der Waals surface area contributed by atoms with Gasteiger partial charge in [-0.25, -0.2) is 4.39 Å². The van der Waals surface area contributed by atoms with E-state index in [2.05, 4.69) is 0 Å². The minimum Gasteiger partial charge on any atom is -0.480 e. The molecule has 1 unspecified atom stereocenters. The number of carboxylic acid groups (broad SMARTS) is 1. The van der Waals surface area contributed by atoms with Gasteiger partial charge in [-0.1, -0.05) is 32.0 Å². The molecule has 18 heavy (non-hydrogen) atoms. The summed E-state index contributed by atoms with van der Waals surface area (Å²) < 4.78 is 13.6. The number of carbonyl (C=O) groups is 1. The van der Waals surface area contributed by atoms with Crippen LogP contribution in [0, 0.1) is 5.82 Å². The minimum absolute atomic E-state index is 0.163. The van der Waals surface area contributed by atoms with Gasteiger partial charge in [0.2, 0.25) is 0 Å². The number of rotatable bonds is 6. The first-order valence-corrected chi connectivity index (χ1v) is 6.17. The Labute approximate surface area is 107 Å². The van der Waals surface area contributed by atoms with Crippen LogP contribution in [-0.2, 0) is 11.2 Å². The third-order valence-corrected chi connectivity index (χ3v) is 3.41. The van der Waals surface area contributed by atoms with E-state index in [1.807, 2.05) is 18.7 Å². The van der Waals surface area contributed by atoms with Crippen LogP contribution in [0.1, 0.15) is 26.3 Å². The lowest BCUT2D eigenvalue weighted by atomic mass is 9.90. The molecule has 0 aromatic heterocycles. The van der Waals surface area contributed by atoms with Crippen molar-refractivity contribution in [3.8, 4) is 0 Å². The maximum absolute atomic E-state index is 13.6. The number of benzene rings is 1. The highest BCUT2D eigenvalue weighted by Gasteiger charge is 2.38. The lowest BCUT2D eigenvalue weighted by molar-refractivity contribution is -0.150. The third kappa shape index (κ3) is 2.88. The summed E-state index contributed by atoms with van der Waals surface area (Å²) in [4.78, 5) is 13.4. The molecule has 3 nitrogen and oxygen atoms in total. The smallest absolute Gasteiger partial charge is 0.324 e. The first kappa shape index (κ1) is 14.6. The van der Waals surface area contributed by atoms with E-state index < -0.39 is 11.5 Å². The molecule has 0 fully saturated rings. The monoisotopic (exact) mass is 253 g/mol. The van der Waals surface area contributed by atoms with Crippen LogP contribution in [0.25, 0.3) is 0 Å². The van der Waals surface area contributed by atoms with Crippen molar-refractivity contribution in [1.82, 2.24) is 4.90 Å². The topological polar surface area (TPSA) is 40.5 Å². The van der Waals surface area contributed by atoms with E-state index in [0.29, 0.717) is 18.7 Å². The largest absolute Gasteiger partial charge is 0.480 e. The van der Waals surface area contributed by atoms with E-state index >= 15 is 0 Å². The molecule has 1 atom stereocenters. The quantitative estimate of drug-likeness (QED) is 0.847. The molecular formula is C14H20FNO2. The minimum atomic E-state index is -1.08. The molecule has 1 rings (SSSR count). The van der Waals surface area contributed by atoms with Crippen LogP contribution < -0.4 is 0 Å². The molecule has 0 aliphatic carbocycles. The van der Waals surface area contributed by atoms with Gasteiger partial charge in [-0.15, -0.1) is 0 Å². The molecule has 0 aliphatic heterocycles. The Kier molecular flexibility index (Phi) is 4.84. The average Bonchev–Trinajstić information content (AvgIpc) is 2.33. The Balaban J connectivity index is 3.07. The first-order valence-electron chi connectivity index (χ1n) is 6.17. The molecule has 0 radical (unpaired) electrons. The molecule has 0 heterocycles. The third-order valence-electron chi connectivity index (χ3n) is 3.41. The summed E-state index contributed by atoms with van der Waals surface area (Å²) in [7, 11) is 0. The van der Waals surface area contributed by atoms with Crippen molar-refractivity contribution in [1.29, 1.82) is 0 Å². The molecule has 0 saturated carbocycles. The van der Waals surface area contributed by atoms with E-state index in [0.717, 1.165) is 0 Å². The van der Waals surface area contributed by atoms with Gasteiger partial charge >= 0.3 is 5.97 Å². The van der Waals surface area contributed by atoms with Crippen LogP contribution in [0.5, 0.6) is 0 Å². The van der Waals surface area contributed by atoms with Gasteiger partial charge in [-0.2, -0.15) is 0 Å². The molecule has 1 N–H and O–H groups in total. The molecule has 0 bridgehead atoms. The van der Waals surface area contributed by atoms with Crippen LogP contribution in [0.4, 0.5) is 4.39 Å². The first-order chi connectivity index (χ1) is 8.45. The van der Waals surface area contributed by atoms with Gasteiger partial charge in [0, 0.05) is 6.42 Å². The number of likely N-dealkylation sites (N-methyl/N-ethyl adjacent to an activating group) is 1. The highest BCUT2D eigenvalue weighted by atomic mass is 19.1. The van der Waals surface area contributed by atoms with Crippen molar-refractivity contribution in [3.05, 3.63) is 35.6 Å². The van der Waals surface area contributed by atoms with Crippen LogP contribution in [0.2, 0.25) is 0 Å². The number of nitrogens with zero attached hydrogens (tertiary/aromatic N) is 1. The van der Waals surface area contributed by atoms with E-state index in [1.165, 1.54) is 6.07 Å². The maximum Gasteiger partial charge on any atom is 0.324 e. The van der Waals surface area contributed by atoms with Crippen molar-refractivity contribution in [2.24, 2.45) is 0 Å². The number of hydrogen-bond acceptors (Lipinski definition) is 2. The highest BCUT2D eigenvalue weighted by molar-refractivity contribution is 5.78. The van der Waals surface area contributed by atoms with Crippen LogP contribution in [0.3, 0.4) is 0 Å². The second-order valence-electron chi connectivity index (χ2n) is 4.52. The van der Waals surface area contributed by atoms with Gasteiger partial charge < -0.3 is 5.11 Å². The Morgan fingerprint density at radius 1 is 1.33 bits per heavy atom. The molecule has 1 aromatic rings. The average molecular weight is 253 g/mol. The summed E-state index contributed by atoms with van der Waals surface area (Å²) in [5.74, 6) is -1.27. The van der Waals surface area contributed by atoms with Crippen molar-refractivity contribution < 1.29 is 14.3 Å². The summed E-state index contributed by atoms with van der Waals surface area (Å²) in [6.45, 7) is 6.70. The number of aliphatic carboxylic acids is 1. The summed E-state index contributed by atoms with van der Waals surface area (Å²) in [5.41, 5.74) is -0.639. The van der Waals surface area contributed by atoms with Gasteiger partial charge in [0.25, 0.3) is 0 Å². The van der Waals surface area contributed by atoms with E-state index in [-0.39, 0.29) is 12.2 Å². The summed E-state index contributed by atoms with van der Waals surface area (Å²) >= 11 is 0. The second-order valence-corrected chi connectivity index (χ2v) is 4.52. The van der Waals surface area contributed by atoms with Gasteiger partial charge in [0.15, 0.2) is 0 Å². The second kappa shape index (κ2) is 5.96. The molecule has 1 aromatic carbocycles. The van der Waals surface area contributed by atoms with Crippen molar-refractivity contribution >= 4 is 5.97 Å². The maximum atomic E-state index is 13.6. The van der Waals surface area contributed by atoms with Gasteiger partial charge in [0.1, 0.15) is 11.4 Å². The van der Waals surface area contributed by atoms with Crippen LogP contribution in [0.15, 0.2) is 24.3 Å². The van der Waals surface area contributed by atoms with Crippen LogP contribution in [-0.4, -0.2) is 34.6 Å². The zero-order valence-corrected chi connectivity index (χ0v) is 11.1. The van der Waals surface area contributed by atoms with Crippen molar-refractivity contribution in [3.63, 3.8) is 0 Å². The summed E-state index contributed by atoms with van der Waals surface area (Å²) in [6.07, 6.45) is 0.163. The molecule has 0 amide bonds. The highest BCUT2D eigenvalue weighted by Crippen LogP contribution is 2.22.